The number of nitrogens with zero attached hydrogens (tertiary/aromatic N) is 4. The van der Waals surface area contributed by atoms with Crippen LogP contribution in [0.4, 0.5) is 5.95 Å². The van der Waals surface area contributed by atoms with Gasteiger partial charge >= 0.3 is 5.56 Å². The van der Waals surface area contributed by atoms with Crippen LogP contribution < -0.4 is 15.9 Å². The average Bonchev–Trinajstić information content (AvgIpc) is 3.10. The van der Waals surface area contributed by atoms with Crippen molar-refractivity contribution in [2.24, 2.45) is 13.0 Å². The molecule has 2 aromatic rings. The van der Waals surface area contributed by atoms with E-state index in [1.165, 1.54) is 0 Å². The molecule has 10 heteroatoms. The molecule has 0 aromatic carbocycles. The van der Waals surface area contributed by atoms with E-state index < -0.39 is 12.3 Å². The highest BCUT2D eigenvalue weighted by atomic mass is 16.5. The van der Waals surface area contributed by atoms with Gasteiger partial charge in [-0.25, -0.2) is 4.57 Å². The summed E-state index contributed by atoms with van der Waals surface area (Å²) >= 11 is 0. The SMILES string of the molecule is C[C@H]1O[C@@H](n2c[n+](C)c3c(=O)[nH]c(N)nc32)[C@H](O)[C@@H]1CCN1CCOCC1. The molecule has 2 aromatic heterocycles. The number of ether oxygens (including phenoxy) is 2. The molecule has 4 atom stereocenters. The zero-order valence-electron chi connectivity index (χ0n) is 15.7. The van der Waals surface area contributed by atoms with E-state index in [0.29, 0.717) is 11.2 Å². The Kier molecular flexibility index (Phi) is 4.89. The highest BCUT2D eigenvalue weighted by molar-refractivity contribution is 5.66. The quantitative estimate of drug-likeness (QED) is 0.567. The number of aliphatic hydroxyl groups is 1. The van der Waals surface area contributed by atoms with Gasteiger partial charge < -0.3 is 20.3 Å². The van der Waals surface area contributed by atoms with Crippen LogP contribution in [0.2, 0.25) is 0 Å². The van der Waals surface area contributed by atoms with Crippen LogP contribution in [-0.4, -0.2) is 69.6 Å². The number of aliphatic hydroxyl groups excluding tert-OH is 1. The van der Waals surface area contributed by atoms with Crippen molar-refractivity contribution in [3.05, 3.63) is 16.7 Å². The summed E-state index contributed by atoms with van der Waals surface area (Å²) < 4.78 is 14.8. The van der Waals surface area contributed by atoms with Gasteiger partial charge in [0.1, 0.15) is 6.10 Å². The smallest absolute Gasteiger partial charge is 0.304 e. The molecule has 27 heavy (non-hydrogen) atoms. The lowest BCUT2D eigenvalue weighted by molar-refractivity contribution is -0.646. The Hall–Kier alpha value is -2.01. The Balaban J connectivity index is 1.56. The van der Waals surface area contributed by atoms with Gasteiger partial charge in [0.05, 0.1) is 26.4 Å². The lowest BCUT2D eigenvalue weighted by Crippen LogP contribution is -2.39. The first-order valence-electron chi connectivity index (χ1n) is 9.35. The fourth-order valence-corrected chi connectivity index (χ4v) is 4.14. The second kappa shape index (κ2) is 7.19. The van der Waals surface area contributed by atoms with E-state index in [2.05, 4.69) is 14.9 Å². The maximum absolute atomic E-state index is 12.2. The van der Waals surface area contributed by atoms with Crippen molar-refractivity contribution >= 4 is 17.1 Å². The third-order valence-corrected chi connectivity index (χ3v) is 5.63. The number of hydrogen-bond acceptors (Lipinski definition) is 7. The zero-order valence-corrected chi connectivity index (χ0v) is 15.7. The van der Waals surface area contributed by atoms with Crippen LogP contribution >= 0.6 is 0 Å². The van der Waals surface area contributed by atoms with Crippen LogP contribution in [0.15, 0.2) is 11.1 Å². The first-order valence-corrected chi connectivity index (χ1v) is 9.35. The molecule has 4 heterocycles. The molecule has 0 amide bonds. The van der Waals surface area contributed by atoms with Gasteiger partial charge in [-0.05, 0) is 19.9 Å². The Morgan fingerprint density at radius 3 is 2.93 bits per heavy atom. The van der Waals surface area contributed by atoms with Crippen molar-refractivity contribution in [2.75, 3.05) is 38.6 Å². The van der Waals surface area contributed by atoms with Crippen molar-refractivity contribution in [1.82, 2.24) is 19.4 Å². The molecular weight excluding hydrogens is 352 g/mol. The molecule has 4 rings (SSSR count). The molecule has 0 bridgehead atoms. The van der Waals surface area contributed by atoms with E-state index >= 15 is 0 Å². The first-order chi connectivity index (χ1) is 13.0. The van der Waals surface area contributed by atoms with Gasteiger partial charge in [-0.3, -0.25) is 14.7 Å². The fraction of sp³-hybridized carbons (Fsp3) is 0.706. The molecule has 2 fully saturated rings. The van der Waals surface area contributed by atoms with Gasteiger partial charge in [0, 0.05) is 19.0 Å². The van der Waals surface area contributed by atoms with E-state index in [4.69, 9.17) is 15.2 Å². The topological polar surface area (TPSA) is 123 Å². The Labute approximate surface area is 156 Å². The predicted octanol–water partition coefficient (Wildman–Crippen LogP) is -1.25. The lowest BCUT2D eigenvalue weighted by Gasteiger charge is -2.28. The van der Waals surface area contributed by atoms with E-state index in [1.807, 2.05) is 6.92 Å². The first kappa shape index (κ1) is 18.4. The third kappa shape index (κ3) is 3.33. The number of H-pyrrole nitrogens is 1. The number of nitrogens with two attached hydrogens (primary N) is 1. The summed E-state index contributed by atoms with van der Waals surface area (Å²) in [5, 5.41) is 11.0. The summed E-state index contributed by atoms with van der Waals surface area (Å²) in [6, 6.07) is 0. The number of aromatic amines is 1. The fourth-order valence-electron chi connectivity index (χ4n) is 4.14. The number of nitrogen functional groups attached to an aromatic ring is 1. The molecule has 0 radical (unpaired) electrons. The molecule has 0 spiro atoms. The number of imidazole rings is 1. The second-order valence-electron chi connectivity index (χ2n) is 7.39. The largest absolute Gasteiger partial charge is 0.386 e. The molecular formula is C17H27N6O4+. The summed E-state index contributed by atoms with van der Waals surface area (Å²) in [5.41, 5.74) is 6.20. The maximum Gasteiger partial charge on any atom is 0.304 e. The highest BCUT2D eigenvalue weighted by Crippen LogP contribution is 2.36. The molecule has 2 aliphatic heterocycles. The number of anilines is 1. The average molecular weight is 379 g/mol. The zero-order chi connectivity index (χ0) is 19.1. The van der Waals surface area contributed by atoms with Gasteiger partial charge in [0.25, 0.3) is 11.2 Å². The molecule has 0 aliphatic carbocycles. The molecule has 0 unspecified atom stereocenters. The van der Waals surface area contributed by atoms with Gasteiger partial charge in [0.2, 0.25) is 18.5 Å². The number of nitrogens with one attached hydrogen (secondary N) is 1. The van der Waals surface area contributed by atoms with E-state index in [0.717, 1.165) is 39.3 Å². The van der Waals surface area contributed by atoms with E-state index in [1.54, 1.807) is 22.5 Å². The van der Waals surface area contributed by atoms with Crippen molar-refractivity contribution < 1.29 is 19.1 Å². The number of morpholine rings is 1. The molecule has 2 saturated heterocycles. The predicted molar refractivity (Wildman–Crippen MR) is 96.9 cm³/mol. The van der Waals surface area contributed by atoms with E-state index in [9.17, 15) is 9.90 Å². The summed E-state index contributed by atoms with van der Waals surface area (Å²) in [5.74, 6) is 0.0387. The summed E-state index contributed by atoms with van der Waals surface area (Å²) in [6.07, 6.45) is 1.15. The summed E-state index contributed by atoms with van der Waals surface area (Å²) in [6.45, 7) is 6.24. The van der Waals surface area contributed by atoms with Crippen LogP contribution in [-0.2, 0) is 16.5 Å². The van der Waals surface area contributed by atoms with Gasteiger partial charge in [-0.2, -0.15) is 9.55 Å². The molecule has 2 aliphatic rings. The van der Waals surface area contributed by atoms with Crippen molar-refractivity contribution in [2.45, 2.75) is 31.8 Å². The number of aryl methyl sites for hydroxylation is 1. The summed E-state index contributed by atoms with van der Waals surface area (Å²) in [4.78, 5) is 21.3. The molecule has 10 nitrogen and oxygen atoms in total. The van der Waals surface area contributed by atoms with Crippen LogP contribution in [0, 0.1) is 5.92 Å². The van der Waals surface area contributed by atoms with Crippen molar-refractivity contribution in [3.8, 4) is 0 Å². The second-order valence-corrected chi connectivity index (χ2v) is 7.39. The van der Waals surface area contributed by atoms with Gasteiger partial charge in [0.15, 0.2) is 0 Å². The number of fused-ring (bicyclic) bond motifs is 1. The molecule has 4 N–H and O–H groups in total. The standard InChI is InChI=1S/C17H26N6O4/c1-10-11(3-4-22-5-7-26-8-6-22)13(24)16(27-10)23-9-21(2)12-14(23)19-17(18)20-15(12)25/h9-11,13,16,24H,3-8H2,1-2H3,(H2-,18,19,20,25)/p+1/t10-,11-,13-,16-/m1/s1. The minimum absolute atomic E-state index is 0.0000513. The van der Waals surface area contributed by atoms with Crippen molar-refractivity contribution in [1.29, 1.82) is 0 Å². The number of aromatic nitrogens is 4. The maximum atomic E-state index is 12.2. The number of rotatable bonds is 4. The molecule has 148 valence electrons. The van der Waals surface area contributed by atoms with Gasteiger partial charge in [-0.1, -0.05) is 0 Å². The third-order valence-electron chi connectivity index (χ3n) is 5.63. The Bertz CT molecular complexity index is 874. The Morgan fingerprint density at radius 1 is 1.44 bits per heavy atom. The van der Waals surface area contributed by atoms with Gasteiger partial charge in [-0.15, -0.1) is 0 Å². The monoisotopic (exact) mass is 379 g/mol. The normalized spacial score (nSPS) is 29.6. The van der Waals surface area contributed by atoms with Crippen LogP contribution in [0.5, 0.6) is 0 Å². The minimum atomic E-state index is -0.695. The van der Waals surface area contributed by atoms with Crippen LogP contribution in [0.25, 0.3) is 11.2 Å². The lowest BCUT2D eigenvalue weighted by atomic mass is 9.95. The van der Waals surface area contributed by atoms with Crippen molar-refractivity contribution in [3.63, 3.8) is 0 Å². The number of hydrogen-bond donors (Lipinski definition) is 3. The molecule has 0 saturated carbocycles. The minimum Gasteiger partial charge on any atom is -0.386 e. The van der Waals surface area contributed by atoms with Crippen LogP contribution in [0.1, 0.15) is 19.6 Å². The summed E-state index contributed by atoms with van der Waals surface area (Å²) in [7, 11) is 1.76. The van der Waals surface area contributed by atoms with Crippen LogP contribution in [0.3, 0.4) is 0 Å². The highest BCUT2D eigenvalue weighted by Gasteiger charge is 2.46. The van der Waals surface area contributed by atoms with E-state index in [-0.39, 0.29) is 23.5 Å². The Morgan fingerprint density at radius 2 is 2.19 bits per heavy atom.